The van der Waals surface area contributed by atoms with Crippen LogP contribution in [-0.2, 0) is 30.4 Å². The molecule has 2 heterocycles. The van der Waals surface area contributed by atoms with Gasteiger partial charge in [-0.15, -0.1) is 0 Å². The Morgan fingerprint density at radius 2 is 1.65 bits per heavy atom. The van der Waals surface area contributed by atoms with Crippen molar-refractivity contribution in [3.63, 3.8) is 0 Å². The normalized spacial score (nSPS) is 12.7. The number of carbonyl (C=O) groups is 2. The number of alkyl halides is 6. The van der Waals surface area contributed by atoms with Gasteiger partial charge in [0, 0.05) is 29.4 Å². The van der Waals surface area contributed by atoms with Gasteiger partial charge in [-0.25, -0.2) is 9.59 Å². The minimum atomic E-state index is -5.08. The standard InChI is InChI=1S/C21H19F3N4O2.C2HF3O2/c22-21(23,24)14-5-2-12(3-6-14)17-10-16-13(11-26-17)4-7-15-18(16)27-28(9-1-8-25)19(15)20(29)30;3-2(4,5)1(6)7/h2-3,5-6,10-11H,1,4,7-9,25H2,(H,29,30);(H,6,7). The average molecular weight is 530 g/mol. The van der Waals surface area contributed by atoms with E-state index in [9.17, 15) is 36.2 Å². The fourth-order valence-electron chi connectivity index (χ4n) is 3.75. The molecule has 0 atom stereocenters. The van der Waals surface area contributed by atoms with Crippen molar-refractivity contribution >= 4 is 11.9 Å². The second-order valence-corrected chi connectivity index (χ2v) is 7.95. The Kier molecular flexibility index (Phi) is 7.91. The first-order valence-corrected chi connectivity index (χ1v) is 10.7. The lowest BCUT2D eigenvalue weighted by Gasteiger charge is -2.16. The number of carboxylic acids is 2. The summed E-state index contributed by atoms with van der Waals surface area (Å²) in [6, 6.07) is 6.56. The molecule has 1 aliphatic rings. The van der Waals surface area contributed by atoms with Crippen molar-refractivity contribution in [3.05, 3.63) is 58.9 Å². The molecule has 0 amide bonds. The van der Waals surface area contributed by atoms with Crippen LogP contribution < -0.4 is 5.73 Å². The van der Waals surface area contributed by atoms with Crippen LogP contribution >= 0.6 is 0 Å². The third kappa shape index (κ3) is 6.25. The van der Waals surface area contributed by atoms with Crippen molar-refractivity contribution in [3.8, 4) is 22.5 Å². The number of aliphatic carboxylic acids is 1. The largest absolute Gasteiger partial charge is 0.490 e. The molecule has 4 rings (SSSR count). The molecule has 8 nitrogen and oxygen atoms in total. The van der Waals surface area contributed by atoms with Crippen molar-refractivity contribution in [2.45, 2.75) is 38.2 Å². The third-order valence-electron chi connectivity index (χ3n) is 5.46. The second-order valence-electron chi connectivity index (χ2n) is 7.95. The molecule has 0 saturated carbocycles. The van der Waals surface area contributed by atoms with Crippen LogP contribution in [0.4, 0.5) is 26.3 Å². The number of nitrogens with two attached hydrogens (primary N) is 1. The zero-order chi connectivity index (χ0) is 27.5. The van der Waals surface area contributed by atoms with Crippen molar-refractivity contribution in [1.29, 1.82) is 0 Å². The van der Waals surface area contributed by atoms with Crippen LogP contribution in [0.25, 0.3) is 22.5 Å². The van der Waals surface area contributed by atoms with Gasteiger partial charge in [-0.3, -0.25) is 9.67 Å². The number of carboxylic acid groups (broad SMARTS) is 2. The summed E-state index contributed by atoms with van der Waals surface area (Å²) in [5, 5.41) is 21.3. The number of hydrogen-bond acceptors (Lipinski definition) is 5. The van der Waals surface area contributed by atoms with Gasteiger partial charge in [0.15, 0.2) is 0 Å². The zero-order valence-electron chi connectivity index (χ0n) is 18.9. The number of halogens is 6. The van der Waals surface area contributed by atoms with Crippen LogP contribution in [0.5, 0.6) is 0 Å². The van der Waals surface area contributed by atoms with E-state index >= 15 is 0 Å². The smallest absolute Gasteiger partial charge is 0.477 e. The average Bonchev–Trinajstić information content (AvgIpc) is 3.21. The quantitative estimate of drug-likeness (QED) is 0.417. The molecule has 0 spiro atoms. The molecule has 1 aliphatic carbocycles. The highest BCUT2D eigenvalue weighted by molar-refractivity contribution is 5.91. The SMILES string of the molecule is NCCCn1nc2c(c1C(=O)O)CCc1cnc(-c3ccc(C(F)(F)F)cc3)cc1-2.O=C(O)C(F)(F)F. The van der Waals surface area contributed by atoms with Gasteiger partial charge in [0.2, 0.25) is 0 Å². The predicted molar refractivity (Wildman–Crippen MR) is 118 cm³/mol. The maximum atomic E-state index is 12.8. The van der Waals surface area contributed by atoms with E-state index in [4.69, 9.17) is 15.6 Å². The first-order chi connectivity index (χ1) is 17.2. The maximum Gasteiger partial charge on any atom is 0.490 e. The highest BCUT2D eigenvalue weighted by atomic mass is 19.4. The number of aryl methyl sites for hydroxylation is 2. The van der Waals surface area contributed by atoms with Gasteiger partial charge >= 0.3 is 24.3 Å². The topological polar surface area (TPSA) is 131 Å². The fourth-order valence-corrected chi connectivity index (χ4v) is 3.75. The van der Waals surface area contributed by atoms with E-state index in [-0.39, 0.29) is 5.69 Å². The van der Waals surface area contributed by atoms with E-state index in [1.807, 2.05) is 0 Å². The van der Waals surface area contributed by atoms with Crippen LogP contribution in [0, 0.1) is 0 Å². The lowest BCUT2D eigenvalue weighted by atomic mass is 9.89. The van der Waals surface area contributed by atoms with Crippen LogP contribution in [0.1, 0.15) is 33.6 Å². The van der Waals surface area contributed by atoms with Gasteiger partial charge in [0.25, 0.3) is 0 Å². The van der Waals surface area contributed by atoms with E-state index < -0.39 is 29.9 Å². The van der Waals surface area contributed by atoms with Crippen molar-refractivity contribution in [1.82, 2.24) is 14.8 Å². The van der Waals surface area contributed by atoms with E-state index in [0.717, 1.165) is 23.3 Å². The summed E-state index contributed by atoms with van der Waals surface area (Å²) in [4.78, 5) is 25.1. The van der Waals surface area contributed by atoms with Crippen LogP contribution in [0.2, 0.25) is 0 Å². The number of nitrogens with zero attached hydrogens (tertiary/aromatic N) is 3. The second kappa shape index (κ2) is 10.6. The summed E-state index contributed by atoms with van der Waals surface area (Å²) in [6.45, 7) is 0.819. The third-order valence-corrected chi connectivity index (χ3v) is 5.46. The van der Waals surface area contributed by atoms with E-state index in [0.29, 0.717) is 54.9 Å². The minimum Gasteiger partial charge on any atom is -0.477 e. The van der Waals surface area contributed by atoms with Gasteiger partial charge in [0.1, 0.15) is 5.69 Å². The highest BCUT2D eigenvalue weighted by Gasteiger charge is 2.38. The lowest BCUT2D eigenvalue weighted by molar-refractivity contribution is -0.192. The molecule has 4 N–H and O–H groups in total. The molecule has 198 valence electrons. The summed E-state index contributed by atoms with van der Waals surface area (Å²) >= 11 is 0. The first-order valence-electron chi connectivity index (χ1n) is 10.7. The highest BCUT2D eigenvalue weighted by Crippen LogP contribution is 2.37. The number of aromatic nitrogens is 3. The molecular weight excluding hydrogens is 510 g/mol. The van der Waals surface area contributed by atoms with E-state index in [1.54, 1.807) is 12.3 Å². The molecule has 0 aliphatic heterocycles. The van der Waals surface area contributed by atoms with Crippen LogP contribution in [0.15, 0.2) is 36.5 Å². The van der Waals surface area contributed by atoms with Gasteiger partial charge in [-0.2, -0.15) is 31.4 Å². The van der Waals surface area contributed by atoms with Crippen molar-refractivity contribution in [2.75, 3.05) is 6.54 Å². The first kappa shape index (κ1) is 27.6. The fraction of sp³-hybridized carbons (Fsp3) is 0.304. The van der Waals surface area contributed by atoms with Gasteiger partial charge in [0.05, 0.1) is 17.0 Å². The Hall–Kier alpha value is -3.94. The number of rotatable bonds is 5. The van der Waals surface area contributed by atoms with E-state index in [2.05, 4.69) is 10.1 Å². The van der Waals surface area contributed by atoms with Crippen LogP contribution in [0.3, 0.4) is 0 Å². The van der Waals surface area contributed by atoms with Gasteiger partial charge < -0.3 is 15.9 Å². The maximum absolute atomic E-state index is 12.8. The molecule has 1 aromatic carbocycles. The molecule has 2 aromatic heterocycles. The van der Waals surface area contributed by atoms with Crippen LogP contribution in [-0.4, -0.2) is 49.6 Å². The lowest BCUT2D eigenvalue weighted by Crippen LogP contribution is -2.21. The number of benzene rings is 1. The Balaban J connectivity index is 0.000000479. The minimum absolute atomic E-state index is 0.164. The molecule has 0 saturated heterocycles. The monoisotopic (exact) mass is 530 g/mol. The summed E-state index contributed by atoms with van der Waals surface area (Å²) in [6.07, 6.45) is -6.05. The molecule has 37 heavy (non-hydrogen) atoms. The predicted octanol–water partition coefficient (Wildman–Crippen LogP) is 4.41. The molecule has 14 heteroatoms. The Bertz CT molecular complexity index is 1300. The molecule has 0 bridgehead atoms. The molecule has 0 radical (unpaired) electrons. The van der Waals surface area contributed by atoms with Crippen molar-refractivity contribution < 1.29 is 46.1 Å². The molecular formula is C23H20F6N4O4. The zero-order valence-corrected chi connectivity index (χ0v) is 18.9. The number of hydrogen-bond donors (Lipinski definition) is 3. The van der Waals surface area contributed by atoms with Gasteiger partial charge in [-0.1, -0.05) is 12.1 Å². The number of pyridine rings is 1. The van der Waals surface area contributed by atoms with Crippen molar-refractivity contribution in [2.24, 2.45) is 5.73 Å². The van der Waals surface area contributed by atoms with Gasteiger partial charge in [-0.05, 0) is 49.6 Å². The number of aromatic carboxylic acids is 1. The Morgan fingerprint density at radius 3 is 2.16 bits per heavy atom. The number of fused-ring (bicyclic) bond motifs is 3. The van der Waals surface area contributed by atoms with E-state index in [1.165, 1.54) is 16.8 Å². The molecule has 3 aromatic rings. The summed E-state index contributed by atoms with van der Waals surface area (Å²) in [5.74, 6) is -3.80. The Labute approximate surface area is 205 Å². The molecule has 0 fully saturated rings. The molecule has 0 unspecified atom stereocenters. The Morgan fingerprint density at radius 1 is 1.03 bits per heavy atom. The summed E-state index contributed by atoms with van der Waals surface area (Å²) in [7, 11) is 0. The summed E-state index contributed by atoms with van der Waals surface area (Å²) < 4.78 is 71.7. The summed E-state index contributed by atoms with van der Waals surface area (Å²) in [5.41, 5.74) is 8.97.